The number of alkyl halides is 3. The highest BCUT2D eigenvalue weighted by Gasteiger charge is 2.41. The van der Waals surface area contributed by atoms with Gasteiger partial charge in [0.2, 0.25) is 0 Å². The maximum absolute atomic E-state index is 13.6. The molecule has 0 aliphatic carbocycles. The third-order valence-corrected chi connectivity index (χ3v) is 4.86. The molecule has 1 aromatic carbocycles. The van der Waals surface area contributed by atoms with Crippen molar-refractivity contribution in [3.63, 3.8) is 0 Å². The number of aromatic nitrogens is 5. The zero-order chi connectivity index (χ0) is 18.5. The molecule has 0 bridgehead atoms. The van der Waals surface area contributed by atoms with Crippen LogP contribution in [0.2, 0.25) is 5.02 Å². The fraction of sp³-hybridized carbons (Fsp3) is 0.0667. The molecule has 4 aromatic rings. The van der Waals surface area contributed by atoms with Crippen molar-refractivity contribution < 1.29 is 13.2 Å². The monoisotopic (exact) mass is 396 g/mol. The molecule has 2 N–H and O–H groups in total. The summed E-state index contributed by atoms with van der Waals surface area (Å²) in [6, 6.07) is 6.56. The first kappa shape index (κ1) is 16.7. The number of nitrogens with zero attached hydrogens (tertiary/aromatic N) is 5. The number of nitrogen functional groups attached to an aromatic ring is 1. The Morgan fingerprint density at radius 2 is 1.85 bits per heavy atom. The molecule has 6 nitrogen and oxygen atoms in total. The van der Waals surface area contributed by atoms with Crippen molar-refractivity contribution in [1.29, 1.82) is 0 Å². The van der Waals surface area contributed by atoms with Gasteiger partial charge in [-0.25, -0.2) is 15.0 Å². The van der Waals surface area contributed by atoms with Crippen molar-refractivity contribution in [2.75, 3.05) is 5.73 Å². The summed E-state index contributed by atoms with van der Waals surface area (Å²) in [6.45, 7) is 0. The fourth-order valence-corrected chi connectivity index (χ4v) is 3.74. The van der Waals surface area contributed by atoms with Crippen molar-refractivity contribution in [3.8, 4) is 16.5 Å². The molecule has 0 aliphatic heterocycles. The Hall–Kier alpha value is -2.72. The summed E-state index contributed by atoms with van der Waals surface area (Å²) in [5.41, 5.74) is 4.91. The van der Waals surface area contributed by atoms with Gasteiger partial charge in [-0.1, -0.05) is 17.7 Å². The number of hydrogen-bond donors (Lipinski definition) is 1. The Morgan fingerprint density at radius 1 is 1.12 bits per heavy atom. The average Bonchev–Trinajstić information content (AvgIpc) is 3.17. The number of para-hydroxylation sites is 1. The van der Waals surface area contributed by atoms with Crippen molar-refractivity contribution in [2.24, 2.45) is 0 Å². The summed E-state index contributed by atoms with van der Waals surface area (Å²) >= 11 is 7.13. The number of halogens is 4. The van der Waals surface area contributed by atoms with Gasteiger partial charge in [0, 0.05) is 12.4 Å². The standard InChI is InChI=1S/C15H8ClF3N6S/c16-7-3-1-4-8-10(7)23-13(26-8)9-11(15(17,18)19)24-25(12(9)20)14-21-5-2-6-22-14/h1-6H,20H2. The maximum atomic E-state index is 13.6. The van der Waals surface area contributed by atoms with E-state index < -0.39 is 11.9 Å². The molecule has 11 heteroatoms. The lowest BCUT2D eigenvalue weighted by Crippen LogP contribution is -2.09. The zero-order valence-corrected chi connectivity index (χ0v) is 14.3. The predicted octanol–water partition coefficient (Wildman–Crippen LogP) is 4.19. The molecule has 0 saturated carbocycles. The fourth-order valence-electron chi connectivity index (χ4n) is 2.42. The van der Waals surface area contributed by atoms with Crippen LogP contribution < -0.4 is 5.73 Å². The van der Waals surface area contributed by atoms with Gasteiger partial charge < -0.3 is 5.73 Å². The second-order valence-corrected chi connectivity index (χ2v) is 6.61. The summed E-state index contributed by atoms with van der Waals surface area (Å²) in [6.07, 6.45) is -1.97. The van der Waals surface area contributed by atoms with Gasteiger partial charge in [0.05, 0.1) is 15.3 Å². The van der Waals surface area contributed by atoms with Crippen LogP contribution in [0.1, 0.15) is 5.69 Å². The van der Waals surface area contributed by atoms with Crippen molar-refractivity contribution in [1.82, 2.24) is 24.7 Å². The molecule has 0 amide bonds. The molecule has 3 aromatic heterocycles. The minimum Gasteiger partial charge on any atom is -0.383 e. The van der Waals surface area contributed by atoms with Crippen LogP contribution in [-0.4, -0.2) is 24.7 Å². The summed E-state index contributed by atoms with van der Waals surface area (Å²) in [5, 5.41) is 4.01. The first-order chi connectivity index (χ1) is 12.4. The lowest BCUT2D eigenvalue weighted by atomic mass is 10.2. The minimum atomic E-state index is -4.73. The van der Waals surface area contributed by atoms with E-state index in [4.69, 9.17) is 17.3 Å². The molecule has 0 fully saturated rings. The molecule has 0 saturated heterocycles. The Labute approximate surface area is 153 Å². The van der Waals surface area contributed by atoms with Crippen molar-refractivity contribution in [2.45, 2.75) is 6.18 Å². The van der Waals surface area contributed by atoms with Gasteiger partial charge in [0.1, 0.15) is 16.3 Å². The summed E-state index contributed by atoms with van der Waals surface area (Å²) < 4.78 is 42.2. The summed E-state index contributed by atoms with van der Waals surface area (Å²) in [5.74, 6) is -0.320. The van der Waals surface area contributed by atoms with Gasteiger partial charge in [-0.15, -0.1) is 11.3 Å². The Kier molecular flexibility index (Phi) is 3.81. The van der Waals surface area contributed by atoms with Gasteiger partial charge >= 0.3 is 6.18 Å². The first-order valence-electron chi connectivity index (χ1n) is 7.15. The average molecular weight is 397 g/mol. The quantitative estimate of drug-likeness (QED) is 0.549. The van der Waals surface area contributed by atoms with Gasteiger partial charge in [-0.2, -0.15) is 23.0 Å². The van der Waals surface area contributed by atoms with E-state index in [0.29, 0.717) is 15.2 Å². The van der Waals surface area contributed by atoms with Crippen LogP contribution in [0.3, 0.4) is 0 Å². The van der Waals surface area contributed by atoms with Crippen LogP contribution in [0.5, 0.6) is 0 Å². The minimum absolute atomic E-state index is 0.0686. The number of benzene rings is 1. The van der Waals surface area contributed by atoms with E-state index in [1.165, 1.54) is 18.5 Å². The van der Waals surface area contributed by atoms with E-state index >= 15 is 0 Å². The van der Waals surface area contributed by atoms with Crippen LogP contribution in [0.25, 0.3) is 26.7 Å². The van der Waals surface area contributed by atoms with Crippen LogP contribution in [0.4, 0.5) is 19.0 Å². The van der Waals surface area contributed by atoms with Crippen LogP contribution in [0.15, 0.2) is 36.7 Å². The van der Waals surface area contributed by atoms with Crippen LogP contribution in [0, 0.1) is 0 Å². The highest BCUT2D eigenvalue weighted by molar-refractivity contribution is 7.21. The first-order valence-corrected chi connectivity index (χ1v) is 8.34. The number of hydrogen-bond acceptors (Lipinski definition) is 6. The van der Waals surface area contributed by atoms with E-state index in [1.807, 2.05) is 0 Å². The molecular weight excluding hydrogens is 389 g/mol. The lowest BCUT2D eigenvalue weighted by Gasteiger charge is -2.03. The molecule has 0 radical (unpaired) electrons. The molecule has 0 unspecified atom stereocenters. The van der Waals surface area contributed by atoms with Gasteiger partial charge in [-0.05, 0) is 18.2 Å². The highest BCUT2D eigenvalue weighted by atomic mass is 35.5. The van der Waals surface area contributed by atoms with E-state index in [1.54, 1.807) is 18.2 Å². The van der Waals surface area contributed by atoms with E-state index in [-0.39, 0.29) is 22.3 Å². The van der Waals surface area contributed by atoms with Crippen molar-refractivity contribution in [3.05, 3.63) is 47.4 Å². The predicted molar refractivity (Wildman–Crippen MR) is 92.2 cm³/mol. The molecule has 3 heterocycles. The Bertz CT molecular complexity index is 1110. The van der Waals surface area contributed by atoms with Crippen molar-refractivity contribution >= 4 is 39.0 Å². The van der Waals surface area contributed by atoms with Crippen LogP contribution >= 0.6 is 22.9 Å². The third-order valence-electron chi connectivity index (χ3n) is 3.51. The third kappa shape index (κ3) is 2.67. The highest BCUT2D eigenvalue weighted by Crippen LogP contribution is 2.43. The molecule has 0 aliphatic rings. The second kappa shape index (κ2) is 5.92. The number of nitrogens with two attached hydrogens (primary N) is 1. The Balaban J connectivity index is 2.00. The zero-order valence-electron chi connectivity index (χ0n) is 12.7. The molecular formula is C15H8ClF3N6S. The Morgan fingerprint density at radius 3 is 2.50 bits per heavy atom. The maximum Gasteiger partial charge on any atom is 0.435 e. The van der Waals surface area contributed by atoms with Gasteiger partial charge in [0.15, 0.2) is 5.69 Å². The smallest absolute Gasteiger partial charge is 0.383 e. The van der Waals surface area contributed by atoms with E-state index in [2.05, 4.69) is 20.1 Å². The molecule has 0 spiro atoms. The number of fused-ring (bicyclic) bond motifs is 1. The topological polar surface area (TPSA) is 82.5 Å². The normalized spacial score (nSPS) is 12.0. The lowest BCUT2D eigenvalue weighted by molar-refractivity contribution is -0.140. The number of thiazole rings is 1. The second-order valence-electron chi connectivity index (χ2n) is 5.17. The SMILES string of the molecule is Nc1c(-c2nc3c(Cl)cccc3s2)c(C(F)(F)F)nn1-c1ncccn1. The number of anilines is 1. The van der Waals surface area contributed by atoms with E-state index in [9.17, 15) is 13.2 Å². The summed E-state index contributed by atoms with van der Waals surface area (Å²) in [4.78, 5) is 12.0. The molecule has 132 valence electrons. The van der Waals surface area contributed by atoms with Gasteiger partial charge in [0.25, 0.3) is 5.95 Å². The van der Waals surface area contributed by atoms with Gasteiger partial charge in [-0.3, -0.25) is 0 Å². The largest absolute Gasteiger partial charge is 0.435 e. The number of rotatable bonds is 2. The summed E-state index contributed by atoms with van der Waals surface area (Å²) in [7, 11) is 0. The molecule has 26 heavy (non-hydrogen) atoms. The molecule has 4 rings (SSSR count). The van der Waals surface area contributed by atoms with Crippen LogP contribution in [-0.2, 0) is 6.18 Å². The molecule has 0 atom stereocenters. The van der Waals surface area contributed by atoms with E-state index in [0.717, 1.165) is 16.0 Å².